The van der Waals surface area contributed by atoms with Crippen LogP contribution in [0.25, 0.3) is 0 Å². The number of rotatable bonds is 5. The molecule has 0 amide bonds. The maximum absolute atomic E-state index is 13.5. The Morgan fingerprint density at radius 1 is 1.33 bits per heavy atom. The lowest BCUT2D eigenvalue weighted by Crippen LogP contribution is -2.27. The first-order valence-electron chi connectivity index (χ1n) is 8.29. The highest BCUT2D eigenvalue weighted by atomic mass is 19.1. The van der Waals surface area contributed by atoms with Gasteiger partial charge in [0.05, 0.1) is 11.7 Å². The number of hydrogen-bond acceptors (Lipinski definition) is 2. The van der Waals surface area contributed by atoms with Gasteiger partial charge in [0.2, 0.25) is 0 Å². The summed E-state index contributed by atoms with van der Waals surface area (Å²) in [4.78, 5) is 0. The van der Waals surface area contributed by atoms with Gasteiger partial charge < -0.3 is 10.1 Å². The third kappa shape index (κ3) is 3.46. The van der Waals surface area contributed by atoms with E-state index in [-0.39, 0.29) is 11.4 Å². The Morgan fingerprint density at radius 2 is 2.14 bits per heavy atom. The summed E-state index contributed by atoms with van der Waals surface area (Å²) in [6.45, 7) is 0.871. The average molecular weight is 291 g/mol. The van der Waals surface area contributed by atoms with Crippen LogP contribution in [0.3, 0.4) is 0 Å². The molecule has 2 fully saturated rings. The molecule has 1 heterocycles. The van der Waals surface area contributed by atoms with Gasteiger partial charge in [-0.25, -0.2) is 4.39 Å². The van der Waals surface area contributed by atoms with Crippen LogP contribution in [0.15, 0.2) is 24.3 Å². The number of likely N-dealkylation sites (N-methyl/N-ethyl adjacent to an activating group) is 1. The lowest BCUT2D eigenvalue weighted by molar-refractivity contribution is -0.0410. The van der Waals surface area contributed by atoms with Crippen molar-refractivity contribution in [1.82, 2.24) is 5.32 Å². The van der Waals surface area contributed by atoms with E-state index >= 15 is 0 Å². The van der Waals surface area contributed by atoms with Crippen molar-refractivity contribution in [3.8, 4) is 0 Å². The van der Waals surface area contributed by atoms with Crippen molar-refractivity contribution in [2.24, 2.45) is 0 Å². The minimum Gasteiger partial charge on any atom is -0.372 e. The second-order valence-corrected chi connectivity index (χ2v) is 6.71. The molecule has 3 rings (SSSR count). The second kappa shape index (κ2) is 6.45. The van der Waals surface area contributed by atoms with Crippen LogP contribution in [0.2, 0.25) is 0 Å². The molecule has 21 heavy (non-hydrogen) atoms. The Morgan fingerprint density at radius 3 is 2.86 bits per heavy atom. The largest absolute Gasteiger partial charge is 0.372 e. The Balaban J connectivity index is 1.65. The molecule has 1 aliphatic carbocycles. The molecule has 1 saturated heterocycles. The Kier molecular flexibility index (Phi) is 4.60. The van der Waals surface area contributed by atoms with E-state index in [0.717, 1.165) is 24.9 Å². The summed E-state index contributed by atoms with van der Waals surface area (Å²) in [6, 6.07) is 7.02. The van der Waals surface area contributed by atoms with Crippen LogP contribution in [0, 0.1) is 5.82 Å². The summed E-state index contributed by atoms with van der Waals surface area (Å²) >= 11 is 0. The highest BCUT2D eigenvalue weighted by Crippen LogP contribution is 2.45. The predicted molar refractivity (Wildman–Crippen MR) is 83.0 cm³/mol. The normalized spacial score (nSPS) is 25.5. The van der Waals surface area contributed by atoms with Crippen LogP contribution >= 0.6 is 0 Å². The minimum atomic E-state index is -0.145. The van der Waals surface area contributed by atoms with Gasteiger partial charge >= 0.3 is 0 Å². The summed E-state index contributed by atoms with van der Waals surface area (Å²) in [6.07, 6.45) is 8.81. The zero-order valence-electron chi connectivity index (χ0n) is 12.9. The van der Waals surface area contributed by atoms with Gasteiger partial charge in [-0.1, -0.05) is 25.0 Å². The fourth-order valence-electron chi connectivity index (χ4n) is 4.11. The number of nitrogens with one attached hydrogen (secondary N) is 1. The Hall–Kier alpha value is -0.930. The van der Waals surface area contributed by atoms with Crippen molar-refractivity contribution in [2.45, 2.75) is 62.6 Å². The first-order valence-corrected chi connectivity index (χ1v) is 8.29. The van der Waals surface area contributed by atoms with Crippen molar-refractivity contribution in [3.63, 3.8) is 0 Å². The fourth-order valence-corrected chi connectivity index (χ4v) is 4.11. The molecular weight excluding hydrogens is 265 g/mol. The summed E-state index contributed by atoms with van der Waals surface area (Å²) in [5.41, 5.74) is 1.27. The van der Waals surface area contributed by atoms with Crippen LogP contribution in [0.4, 0.5) is 4.39 Å². The molecule has 1 spiro atoms. The maximum atomic E-state index is 13.5. The topological polar surface area (TPSA) is 21.3 Å². The molecule has 2 atom stereocenters. The number of ether oxygens (including phenoxy) is 1. The second-order valence-electron chi connectivity index (χ2n) is 6.71. The quantitative estimate of drug-likeness (QED) is 0.885. The molecule has 3 heteroatoms. The van der Waals surface area contributed by atoms with Gasteiger partial charge in [0.1, 0.15) is 5.82 Å². The molecule has 1 N–H and O–H groups in total. The maximum Gasteiger partial charge on any atom is 0.123 e. The third-order valence-electron chi connectivity index (χ3n) is 5.17. The SMILES string of the molecule is CNCC(CC1CCC2(CCCC2)O1)c1cccc(F)c1. The monoisotopic (exact) mass is 291 g/mol. The molecule has 0 radical (unpaired) electrons. The first kappa shape index (κ1) is 15.0. The number of benzene rings is 1. The van der Waals surface area contributed by atoms with Crippen LogP contribution < -0.4 is 5.32 Å². The molecule has 0 aromatic heterocycles. The molecule has 1 saturated carbocycles. The molecule has 2 nitrogen and oxygen atoms in total. The van der Waals surface area contributed by atoms with E-state index < -0.39 is 0 Å². The Labute approximate surface area is 127 Å². The summed E-state index contributed by atoms with van der Waals surface area (Å²) < 4.78 is 19.9. The van der Waals surface area contributed by atoms with E-state index in [1.54, 1.807) is 12.1 Å². The van der Waals surface area contributed by atoms with Gasteiger partial charge in [-0.3, -0.25) is 0 Å². The third-order valence-corrected chi connectivity index (χ3v) is 5.17. The van der Waals surface area contributed by atoms with Gasteiger partial charge in [-0.05, 0) is 62.8 Å². The summed E-state index contributed by atoms with van der Waals surface area (Å²) in [5, 5.41) is 3.24. The van der Waals surface area contributed by atoms with Crippen LogP contribution in [0.5, 0.6) is 0 Å². The van der Waals surface area contributed by atoms with Gasteiger partial charge in [-0.2, -0.15) is 0 Å². The molecule has 2 unspecified atom stereocenters. The minimum absolute atomic E-state index is 0.145. The summed E-state index contributed by atoms with van der Waals surface area (Å²) in [5.74, 6) is 0.181. The predicted octanol–water partition coefficient (Wildman–Crippen LogP) is 4.01. The van der Waals surface area contributed by atoms with E-state index in [2.05, 4.69) is 5.32 Å². The average Bonchev–Trinajstić information content (AvgIpc) is 3.09. The molecule has 1 aromatic rings. The van der Waals surface area contributed by atoms with Crippen molar-refractivity contribution >= 4 is 0 Å². The molecule has 1 aliphatic heterocycles. The van der Waals surface area contributed by atoms with E-state index in [4.69, 9.17) is 4.74 Å². The smallest absolute Gasteiger partial charge is 0.123 e. The highest BCUT2D eigenvalue weighted by Gasteiger charge is 2.42. The lowest BCUT2D eigenvalue weighted by Gasteiger charge is -2.26. The van der Waals surface area contributed by atoms with Gasteiger partial charge in [0, 0.05) is 6.54 Å². The van der Waals surface area contributed by atoms with Crippen LogP contribution in [-0.4, -0.2) is 25.3 Å². The number of hydrogen-bond donors (Lipinski definition) is 1. The molecule has 116 valence electrons. The molecule has 0 bridgehead atoms. The van der Waals surface area contributed by atoms with E-state index in [1.165, 1.54) is 38.2 Å². The van der Waals surface area contributed by atoms with Gasteiger partial charge in [-0.15, -0.1) is 0 Å². The molecule has 2 aliphatic rings. The van der Waals surface area contributed by atoms with Gasteiger partial charge in [0.15, 0.2) is 0 Å². The standard InChI is InChI=1S/C18H26FNO/c1-20-13-15(14-5-4-6-16(19)11-14)12-17-7-10-18(21-17)8-2-3-9-18/h4-6,11,15,17,20H,2-3,7-10,12-13H2,1H3. The van der Waals surface area contributed by atoms with Crippen LogP contribution in [0.1, 0.15) is 56.4 Å². The fraction of sp³-hybridized carbons (Fsp3) is 0.667. The van der Waals surface area contributed by atoms with Crippen molar-refractivity contribution < 1.29 is 9.13 Å². The van der Waals surface area contributed by atoms with Gasteiger partial charge in [0.25, 0.3) is 0 Å². The molecular formula is C18H26FNO. The zero-order valence-corrected chi connectivity index (χ0v) is 12.9. The highest BCUT2D eigenvalue weighted by molar-refractivity contribution is 5.21. The van der Waals surface area contributed by atoms with E-state index in [0.29, 0.717) is 12.0 Å². The van der Waals surface area contributed by atoms with Crippen molar-refractivity contribution in [3.05, 3.63) is 35.6 Å². The van der Waals surface area contributed by atoms with Crippen LogP contribution in [-0.2, 0) is 4.74 Å². The van der Waals surface area contributed by atoms with Crippen molar-refractivity contribution in [2.75, 3.05) is 13.6 Å². The molecule has 1 aromatic carbocycles. The van der Waals surface area contributed by atoms with E-state index in [9.17, 15) is 4.39 Å². The van der Waals surface area contributed by atoms with Crippen molar-refractivity contribution in [1.29, 1.82) is 0 Å². The number of halogens is 1. The lowest BCUT2D eigenvalue weighted by atomic mass is 9.91. The summed E-state index contributed by atoms with van der Waals surface area (Å²) in [7, 11) is 1.96. The van der Waals surface area contributed by atoms with E-state index in [1.807, 2.05) is 13.1 Å². The zero-order chi connectivity index (χ0) is 14.7. The Bertz CT molecular complexity index is 470. The first-order chi connectivity index (χ1) is 10.2.